The molecule has 0 spiro atoms. The Morgan fingerprint density at radius 1 is 1.56 bits per heavy atom. The van der Waals surface area contributed by atoms with Crippen LogP contribution in [0.4, 0.5) is 11.7 Å². The second-order valence-electron chi connectivity index (χ2n) is 3.71. The number of nitrogens with zero attached hydrogens (tertiary/aromatic N) is 1. The number of thioether (sulfide) groups is 1. The fourth-order valence-corrected chi connectivity index (χ4v) is 2.12. The molecule has 2 aromatic rings. The third kappa shape index (κ3) is 2.24. The van der Waals surface area contributed by atoms with Gasteiger partial charge in [-0.3, -0.25) is 0 Å². The zero-order valence-corrected chi connectivity index (χ0v) is 10.2. The smallest absolute Gasteiger partial charge is 0.295 e. The zero-order valence-electron chi connectivity index (χ0n) is 9.36. The maximum atomic E-state index is 5.80. The van der Waals surface area contributed by atoms with Crippen molar-refractivity contribution in [2.75, 3.05) is 23.1 Å². The van der Waals surface area contributed by atoms with Gasteiger partial charge in [0.05, 0.1) is 5.69 Å². The van der Waals surface area contributed by atoms with Crippen molar-refractivity contribution in [2.24, 2.45) is 0 Å². The number of benzene rings is 1. The molecule has 5 heteroatoms. The molecule has 86 valence electrons. The van der Waals surface area contributed by atoms with E-state index < -0.39 is 0 Å². The predicted octanol–water partition coefficient (Wildman–Crippen LogP) is 2.57. The Labute approximate surface area is 98.6 Å². The number of hydrogen-bond acceptors (Lipinski definition) is 5. The first-order valence-electron chi connectivity index (χ1n) is 5.11. The molecule has 1 unspecified atom stereocenters. The van der Waals surface area contributed by atoms with E-state index in [4.69, 9.17) is 10.2 Å². The molecule has 2 rings (SSSR count). The summed E-state index contributed by atoms with van der Waals surface area (Å²) in [6, 6.07) is 6.40. The summed E-state index contributed by atoms with van der Waals surface area (Å²) in [5.74, 6) is 1.01. The highest BCUT2D eigenvalue weighted by molar-refractivity contribution is 7.98. The third-order valence-electron chi connectivity index (χ3n) is 2.24. The molecule has 0 saturated heterocycles. The standard InChI is InChI=1S/C11H15N3OS/c1-7(6-16-2)13-11-14-10-8(12)4-3-5-9(10)15-11/h3-5,7H,6,12H2,1-2H3,(H,13,14). The van der Waals surface area contributed by atoms with E-state index >= 15 is 0 Å². The first-order valence-corrected chi connectivity index (χ1v) is 6.50. The van der Waals surface area contributed by atoms with Crippen molar-refractivity contribution in [1.82, 2.24) is 4.98 Å². The quantitative estimate of drug-likeness (QED) is 0.800. The lowest BCUT2D eigenvalue weighted by Gasteiger charge is -2.09. The van der Waals surface area contributed by atoms with Gasteiger partial charge in [-0.05, 0) is 25.3 Å². The van der Waals surface area contributed by atoms with E-state index in [2.05, 4.69) is 23.5 Å². The molecule has 0 aliphatic rings. The first-order chi connectivity index (χ1) is 7.70. The summed E-state index contributed by atoms with van der Waals surface area (Å²) < 4.78 is 5.55. The number of nitrogen functional groups attached to an aromatic ring is 1. The fraction of sp³-hybridized carbons (Fsp3) is 0.364. The lowest BCUT2D eigenvalue weighted by molar-refractivity contribution is 0.607. The molecule has 1 aromatic carbocycles. The molecule has 4 nitrogen and oxygen atoms in total. The zero-order chi connectivity index (χ0) is 11.5. The van der Waals surface area contributed by atoms with E-state index in [1.807, 2.05) is 18.2 Å². The van der Waals surface area contributed by atoms with E-state index in [-0.39, 0.29) is 0 Å². The van der Waals surface area contributed by atoms with Crippen LogP contribution >= 0.6 is 11.8 Å². The normalized spacial score (nSPS) is 12.9. The van der Waals surface area contributed by atoms with Crippen molar-refractivity contribution in [3.05, 3.63) is 18.2 Å². The van der Waals surface area contributed by atoms with E-state index in [1.165, 1.54) is 0 Å². The van der Waals surface area contributed by atoms with Gasteiger partial charge in [-0.2, -0.15) is 16.7 Å². The molecule has 0 radical (unpaired) electrons. The van der Waals surface area contributed by atoms with Gasteiger partial charge in [0, 0.05) is 11.8 Å². The van der Waals surface area contributed by atoms with Gasteiger partial charge in [-0.25, -0.2) is 0 Å². The van der Waals surface area contributed by atoms with Crippen molar-refractivity contribution in [3.8, 4) is 0 Å². The predicted molar refractivity (Wildman–Crippen MR) is 69.9 cm³/mol. The minimum atomic E-state index is 0.323. The van der Waals surface area contributed by atoms with Gasteiger partial charge in [0.1, 0.15) is 5.52 Å². The van der Waals surface area contributed by atoms with Crippen LogP contribution in [0.2, 0.25) is 0 Å². The Kier molecular flexibility index (Phi) is 3.24. The van der Waals surface area contributed by atoms with Gasteiger partial charge >= 0.3 is 0 Å². The molecule has 0 saturated carbocycles. The van der Waals surface area contributed by atoms with Crippen molar-refractivity contribution < 1.29 is 4.42 Å². The van der Waals surface area contributed by atoms with E-state index in [0.29, 0.717) is 17.7 Å². The Bertz CT molecular complexity index is 483. The molecule has 16 heavy (non-hydrogen) atoms. The highest BCUT2D eigenvalue weighted by atomic mass is 32.2. The number of para-hydroxylation sites is 1. The monoisotopic (exact) mass is 237 g/mol. The molecule has 0 bridgehead atoms. The number of nitrogens with one attached hydrogen (secondary N) is 1. The fourth-order valence-electron chi connectivity index (χ4n) is 1.53. The molecule has 3 N–H and O–H groups in total. The van der Waals surface area contributed by atoms with Crippen LogP contribution in [0.25, 0.3) is 11.1 Å². The molecular weight excluding hydrogens is 222 g/mol. The third-order valence-corrected chi connectivity index (χ3v) is 3.07. The SMILES string of the molecule is CSCC(C)Nc1nc2c(N)cccc2o1. The lowest BCUT2D eigenvalue weighted by atomic mass is 10.3. The minimum absolute atomic E-state index is 0.323. The summed E-state index contributed by atoms with van der Waals surface area (Å²) >= 11 is 1.78. The summed E-state index contributed by atoms with van der Waals surface area (Å²) in [4.78, 5) is 4.32. The van der Waals surface area contributed by atoms with Crippen molar-refractivity contribution in [3.63, 3.8) is 0 Å². The van der Waals surface area contributed by atoms with E-state index in [1.54, 1.807) is 11.8 Å². The summed E-state index contributed by atoms with van der Waals surface area (Å²) in [6.07, 6.45) is 2.07. The largest absolute Gasteiger partial charge is 0.423 e. The van der Waals surface area contributed by atoms with E-state index in [0.717, 1.165) is 16.9 Å². The number of rotatable bonds is 4. The number of aromatic nitrogens is 1. The summed E-state index contributed by atoms with van der Waals surface area (Å²) in [5, 5.41) is 3.21. The maximum Gasteiger partial charge on any atom is 0.295 e. The van der Waals surface area contributed by atoms with Crippen LogP contribution in [0.15, 0.2) is 22.6 Å². The van der Waals surface area contributed by atoms with Crippen LogP contribution in [-0.4, -0.2) is 23.0 Å². The lowest BCUT2D eigenvalue weighted by Crippen LogP contribution is -2.17. The van der Waals surface area contributed by atoms with Crippen LogP contribution in [0.3, 0.4) is 0 Å². The van der Waals surface area contributed by atoms with Gasteiger partial charge < -0.3 is 15.5 Å². The summed E-state index contributed by atoms with van der Waals surface area (Å²) in [7, 11) is 0. The summed E-state index contributed by atoms with van der Waals surface area (Å²) in [6.45, 7) is 2.09. The highest BCUT2D eigenvalue weighted by Gasteiger charge is 2.09. The highest BCUT2D eigenvalue weighted by Crippen LogP contribution is 2.24. The van der Waals surface area contributed by atoms with Gasteiger partial charge in [-0.15, -0.1) is 0 Å². The van der Waals surface area contributed by atoms with Crippen LogP contribution in [0.5, 0.6) is 0 Å². The van der Waals surface area contributed by atoms with Gasteiger partial charge in [0.25, 0.3) is 6.01 Å². The van der Waals surface area contributed by atoms with Crippen molar-refractivity contribution in [1.29, 1.82) is 0 Å². The number of anilines is 2. The molecular formula is C11H15N3OS. The average molecular weight is 237 g/mol. The van der Waals surface area contributed by atoms with Crippen LogP contribution < -0.4 is 11.1 Å². The molecule has 1 aromatic heterocycles. The Balaban J connectivity index is 2.23. The maximum absolute atomic E-state index is 5.80. The molecule has 1 atom stereocenters. The first kappa shape index (κ1) is 11.1. The Hall–Kier alpha value is -1.36. The van der Waals surface area contributed by atoms with Crippen molar-refractivity contribution in [2.45, 2.75) is 13.0 Å². The Morgan fingerprint density at radius 3 is 3.06 bits per heavy atom. The average Bonchev–Trinajstić information content (AvgIpc) is 2.62. The van der Waals surface area contributed by atoms with Crippen molar-refractivity contribution >= 4 is 34.6 Å². The minimum Gasteiger partial charge on any atom is -0.423 e. The molecule has 0 aliphatic carbocycles. The number of hydrogen-bond donors (Lipinski definition) is 2. The second-order valence-corrected chi connectivity index (χ2v) is 4.62. The van der Waals surface area contributed by atoms with Crippen LogP contribution in [0, 0.1) is 0 Å². The number of nitrogens with two attached hydrogens (primary N) is 1. The molecule has 0 amide bonds. The summed E-state index contributed by atoms with van der Waals surface area (Å²) in [5.41, 5.74) is 7.89. The number of oxazole rings is 1. The van der Waals surface area contributed by atoms with Gasteiger partial charge in [0.15, 0.2) is 5.58 Å². The molecule has 0 fully saturated rings. The molecule has 0 aliphatic heterocycles. The van der Waals surface area contributed by atoms with Gasteiger partial charge in [-0.1, -0.05) is 6.07 Å². The molecule has 1 heterocycles. The Morgan fingerprint density at radius 2 is 2.38 bits per heavy atom. The van der Waals surface area contributed by atoms with E-state index in [9.17, 15) is 0 Å². The van der Waals surface area contributed by atoms with Crippen LogP contribution in [-0.2, 0) is 0 Å². The topological polar surface area (TPSA) is 64.1 Å². The number of fused-ring (bicyclic) bond motifs is 1. The second kappa shape index (κ2) is 4.65. The van der Waals surface area contributed by atoms with Crippen LogP contribution in [0.1, 0.15) is 6.92 Å². The van der Waals surface area contributed by atoms with Gasteiger partial charge in [0.2, 0.25) is 0 Å².